The molecule has 0 spiro atoms. The van der Waals surface area contributed by atoms with Crippen molar-refractivity contribution >= 4 is 5.78 Å². The Bertz CT molecular complexity index is 456. The summed E-state index contributed by atoms with van der Waals surface area (Å²) in [6.07, 6.45) is -17.8. The maximum atomic E-state index is 13.3. The smallest absolute Gasteiger partial charge is 0.389 e. The van der Waals surface area contributed by atoms with Gasteiger partial charge in [-0.1, -0.05) is 0 Å². The van der Waals surface area contributed by atoms with Crippen molar-refractivity contribution in [3.05, 3.63) is 0 Å². The van der Waals surface area contributed by atoms with Crippen LogP contribution in [0.4, 0.5) is 48.3 Å². The van der Waals surface area contributed by atoms with E-state index in [1.54, 1.807) is 0 Å². The van der Waals surface area contributed by atoms with Crippen molar-refractivity contribution in [2.75, 3.05) is 6.61 Å². The van der Waals surface area contributed by atoms with Gasteiger partial charge < -0.3 is 5.11 Å². The lowest BCUT2D eigenvalue weighted by molar-refractivity contribution is -0.304. The number of alkyl halides is 11. The molecule has 0 aliphatic rings. The van der Waals surface area contributed by atoms with E-state index in [9.17, 15) is 53.1 Å². The number of aliphatic hydroxyl groups is 1. The largest absolute Gasteiger partial charge is 0.453 e. The second-order valence-electron chi connectivity index (χ2n) is 5.50. The van der Waals surface area contributed by atoms with Crippen LogP contribution in [0, 0.1) is 0 Å². The standard InChI is InChI=1S/C12H13F11O2/c13-8(14,2-1-7(25)3-24)4-9(15,16)5-10(17,18)6-11(19,20)12(21,22)23/h24H,1-6H2. The zero-order valence-corrected chi connectivity index (χ0v) is 12.3. The van der Waals surface area contributed by atoms with Crippen molar-refractivity contribution in [2.45, 2.75) is 62.0 Å². The molecule has 0 aliphatic carbocycles. The van der Waals surface area contributed by atoms with E-state index in [0.717, 1.165) is 0 Å². The van der Waals surface area contributed by atoms with E-state index in [1.165, 1.54) is 0 Å². The highest BCUT2D eigenvalue weighted by molar-refractivity contribution is 5.79. The molecule has 0 aromatic carbocycles. The quantitative estimate of drug-likeness (QED) is 0.546. The second-order valence-corrected chi connectivity index (χ2v) is 5.50. The minimum absolute atomic E-state index is 1.05. The molecule has 2 nitrogen and oxygen atoms in total. The fraction of sp³-hybridized carbons (Fsp3) is 0.917. The van der Waals surface area contributed by atoms with Crippen LogP contribution < -0.4 is 0 Å². The Morgan fingerprint density at radius 3 is 1.48 bits per heavy atom. The lowest BCUT2D eigenvalue weighted by Gasteiger charge is -2.29. The molecule has 0 heterocycles. The van der Waals surface area contributed by atoms with Crippen LogP contribution >= 0.6 is 0 Å². The molecular formula is C12H13F11O2. The molecular weight excluding hydrogens is 385 g/mol. The van der Waals surface area contributed by atoms with Gasteiger partial charge in [0.2, 0.25) is 0 Å². The van der Waals surface area contributed by atoms with E-state index in [2.05, 4.69) is 0 Å². The van der Waals surface area contributed by atoms with Crippen LogP contribution in [-0.2, 0) is 4.79 Å². The number of carbonyl (C=O) groups is 1. The summed E-state index contributed by atoms with van der Waals surface area (Å²) in [5, 5.41) is 8.29. The first-order valence-corrected chi connectivity index (χ1v) is 6.53. The van der Waals surface area contributed by atoms with Crippen molar-refractivity contribution in [1.82, 2.24) is 0 Å². The van der Waals surface area contributed by atoms with Gasteiger partial charge in [-0.25, -0.2) is 26.3 Å². The number of ketones is 1. The van der Waals surface area contributed by atoms with Crippen LogP contribution in [0.1, 0.15) is 32.1 Å². The summed E-state index contributed by atoms with van der Waals surface area (Å²) in [5.74, 6) is -21.8. The number of halogens is 11. The molecule has 0 saturated heterocycles. The molecule has 0 rings (SSSR count). The molecule has 1 N–H and O–H groups in total. The van der Waals surface area contributed by atoms with Gasteiger partial charge in [-0.3, -0.25) is 4.79 Å². The highest BCUT2D eigenvalue weighted by atomic mass is 19.4. The number of hydrogen-bond donors (Lipinski definition) is 1. The van der Waals surface area contributed by atoms with Crippen molar-refractivity contribution in [3.8, 4) is 0 Å². The van der Waals surface area contributed by atoms with E-state index in [1.807, 2.05) is 0 Å². The summed E-state index contributed by atoms with van der Waals surface area (Å²) >= 11 is 0. The Balaban J connectivity index is 4.95. The SMILES string of the molecule is O=C(CO)CCC(F)(F)CC(F)(F)CC(F)(F)CC(F)(F)C(F)(F)F. The predicted octanol–water partition coefficient (Wildman–Crippen LogP) is 4.60. The Morgan fingerprint density at radius 1 is 0.680 bits per heavy atom. The Hall–Kier alpha value is -1.14. The summed E-state index contributed by atoms with van der Waals surface area (Å²) in [6.45, 7) is -1.16. The summed E-state index contributed by atoms with van der Waals surface area (Å²) in [6, 6.07) is 0. The zero-order valence-electron chi connectivity index (χ0n) is 12.3. The third kappa shape index (κ3) is 8.68. The first kappa shape index (κ1) is 23.9. The summed E-state index contributed by atoms with van der Waals surface area (Å²) in [7, 11) is 0. The molecule has 0 fully saturated rings. The van der Waals surface area contributed by atoms with Crippen LogP contribution in [0.3, 0.4) is 0 Å². The van der Waals surface area contributed by atoms with E-state index in [0.29, 0.717) is 0 Å². The lowest BCUT2D eigenvalue weighted by atomic mass is 9.96. The molecule has 0 unspecified atom stereocenters. The molecule has 25 heavy (non-hydrogen) atoms. The molecule has 13 heteroatoms. The van der Waals surface area contributed by atoms with E-state index in [4.69, 9.17) is 5.11 Å². The summed E-state index contributed by atoms with van der Waals surface area (Å²) < 4.78 is 140. The minimum Gasteiger partial charge on any atom is -0.389 e. The maximum absolute atomic E-state index is 13.3. The number of carbonyl (C=O) groups excluding carboxylic acids is 1. The van der Waals surface area contributed by atoms with Gasteiger partial charge in [-0.05, 0) is 0 Å². The molecule has 0 saturated carbocycles. The fourth-order valence-electron chi connectivity index (χ4n) is 1.80. The third-order valence-electron chi connectivity index (χ3n) is 2.88. The van der Waals surface area contributed by atoms with Crippen molar-refractivity contribution in [3.63, 3.8) is 0 Å². The van der Waals surface area contributed by atoms with Crippen LogP contribution in [0.25, 0.3) is 0 Å². The molecule has 0 aliphatic heterocycles. The number of Topliss-reactive ketones (excluding diaryl/α,β-unsaturated/α-hetero) is 1. The van der Waals surface area contributed by atoms with Gasteiger partial charge in [0.25, 0.3) is 17.8 Å². The number of hydrogen-bond acceptors (Lipinski definition) is 2. The van der Waals surface area contributed by atoms with E-state index in [-0.39, 0.29) is 0 Å². The molecule has 0 atom stereocenters. The normalized spacial score (nSPS) is 14.7. The second kappa shape index (κ2) is 7.62. The highest BCUT2D eigenvalue weighted by Crippen LogP contribution is 2.47. The third-order valence-corrected chi connectivity index (χ3v) is 2.88. The first-order chi connectivity index (χ1) is 10.8. The van der Waals surface area contributed by atoms with Crippen LogP contribution in [-0.4, -0.2) is 47.4 Å². The number of aliphatic hydroxyl groups excluding tert-OH is 1. The lowest BCUT2D eigenvalue weighted by Crippen LogP contribution is -2.44. The average Bonchev–Trinajstić information content (AvgIpc) is 2.29. The molecule has 0 aromatic rings. The molecule has 0 amide bonds. The average molecular weight is 398 g/mol. The zero-order chi connectivity index (χ0) is 20.3. The van der Waals surface area contributed by atoms with Gasteiger partial charge >= 0.3 is 12.1 Å². The molecule has 0 bridgehead atoms. The van der Waals surface area contributed by atoms with Crippen LogP contribution in [0.2, 0.25) is 0 Å². The Labute approximate surface area is 134 Å². The van der Waals surface area contributed by atoms with Crippen molar-refractivity contribution < 1.29 is 58.2 Å². The topological polar surface area (TPSA) is 37.3 Å². The number of rotatable bonds is 10. The fourth-order valence-corrected chi connectivity index (χ4v) is 1.80. The van der Waals surface area contributed by atoms with Crippen LogP contribution in [0.15, 0.2) is 0 Å². The van der Waals surface area contributed by atoms with Gasteiger partial charge in [0.05, 0.1) is 19.3 Å². The highest BCUT2D eigenvalue weighted by Gasteiger charge is 2.63. The van der Waals surface area contributed by atoms with Crippen LogP contribution in [0.5, 0.6) is 0 Å². The summed E-state index contributed by atoms with van der Waals surface area (Å²) in [5.41, 5.74) is 0. The Morgan fingerprint density at radius 2 is 1.08 bits per heavy atom. The summed E-state index contributed by atoms with van der Waals surface area (Å²) in [4.78, 5) is 10.6. The molecule has 0 radical (unpaired) electrons. The van der Waals surface area contributed by atoms with E-state index < -0.39 is 74.4 Å². The van der Waals surface area contributed by atoms with Crippen molar-refractivity contribution in [1.29, 1.82) is 0 Å². The van der Waals surface area contributed by atoms with E-state index >= 15 is 0 Å². The van der Waals surface area contributed by atoms with Gasteiger partial charge in [0.15, 0.2) is 5.78 Å². The first-order valence-electron chi connectivity index (χ1n) is 6.53. The maximum Gasteiger partial charge on any atom is 0.453 e. The molecule has 150 valence electrons. The Kier molecular flexibility index (Phi) is 7.27. The predicted molar refractivity (Wildman–Crippen MR) is 61.0 cm³/mol. The van der Waals surface area contributed by atoms with Crippen molar-refractivity contribution in [2.24, 2.45) is 0 Å². The molecule has 0 aromatic heterocycles. The van der Waals surface area contributed by atoms with Gasteiger partial charge in [-0.2, -0.15) is 22.0 Å². The minimum atomic E-state index is -6.42. The van der Waals surface area contributed by atoms with Gasteiger partial charge in [-0.15, -0.1) is 0 Å². The van der Waals surface area contributed by atoms with Gasteiger partial charge in [0.1, 0.15) is 6.61 Å². The monoisotopic (exact) mass is 398 g/mol. The van der Waals surface area contributed by atoms with Gasteiger partial charge in [0, 0.05) is 12.8 Å².